The first-order valence-electron chi connectivity index (χ1n) is 6.62. The molecule has 0 radical (unpaired) electrons. The number of carbonyl (C=O) groups is 2. The minimum Gasteiger partial charge on any atom is -0.344 e. The number of rotatable bonds is 3. The quantitative estimate of drug-likeness (QED) is 0.829. The second-order valence-electron chi connectivity index (χ2n) is 4.69. The maximum absolute atomic E-state index is 12.7. The highest BCUT2D eigenvalue weighted by atomic mass is 35.5. The van der Waals surface area contributed by atoms with E-state index in [1.807, 2.05) is 0 Å². The van der Waals surface area contributed by atoms with Gasteiger partial charge in [-0.2, -0.15) is 13.2 Å². The summed E-state index contributed by atoms with van der Waals surface area (Å²) in [6.07, 6.45) is -1.54. The van der Waals surface area contributed by atoms with E-state index in [4.69, 9.17) is 11.6 Å². The highest BCUT2D eigenvalue weighted by molar-refractivity contribution is 6.41. The van der Waals surface area contributed by atoms with Gasteiger partial charge in [-0.25, -0.2) is 0 Å². The molecule has 0 aliphatic carbocycles. The van der Waals surface area contributed by atoms with Crippen LogP contribution in [0.4, 0.5) is 18.9 Å². The first-order chi connectivity index (χ1) is 11.3. The predicted molar refractivity (Wildman–Crippen MR) is 81.2 cm³/mol. The standard InChI is InChI=1S/C15H11ClF3N3O2/c16-11-4-3-10(15(17,18)19)6-12(11)22-14(24)13(23)21-8-9-2-1-5-20-7-9/h1-7H,8H2,(H,21,23)(H,22,24). The number of nitrogens with zero attached hydrogens (tertiary/aromatic N) is 1. The molecule has 9 heteroatoms. The van der Waals surface area contributed by atoms with Crippen LogP contribution in [0.3, 0.4) is 0 Å². The van der Waals surface area contributed by atoms with Crippen LogP contribution < -0.4 is 10.6 Å². The number of anilines is 1. The van der Waals surface area contributed by atoms with Crippen LogP contribution >= 0.6 is 11.6 Å². The van der Waals surface area contributed by atoms with Crippen LogP contribution in [0.15, 0.2) is 42.7 Å². The van der Waals surface area contributed by atoms with E-state index >= 15 is 0 Å². The number of hydrogen-bond donors (Lipinski definition) is 2. The van der Waals surface area contributed by atoms with E-state index in [0.717, 1.165) is 12.1 Å². The summed E-state index contributed by atoms with van der Waals surface area (Å²) < 4.78 is 38.0. The highest BCUT2D eigenvalue weighted by Gasteiger charge is 2.31. The van der Waals surface area contributed by atoms with E-state index in [0.29, 0.717) is 11.6 Å². The van der Waals surface area contributed by atoms with E-state index in [-0.39, 0.29) is 17.3 Å². The average Bonchev–Trinajstić information content (AvgIpc) is 2.54. The summed E-state index contributed by atoms with van der Waals surface area (Å²) >= 11 is 5.75. The van der Waals surface area contributed by atoms with Gasteiger partial charge in [0.05, 0.1) is 16.3 Å². The molecule has 126 valence electrons. The molecule has 1 heterocycles. The van der Waals surface area contributed by atoms with Gasteiger partial charge in [-0.3, -0.25) is 14.6 Å². The summed E-state index contributed by atoms with van der Waals surface area (Å²) in [5, 5.41) is 4.27. The molecule has 2 aromatic rings. The van der Waals surface area contributed by atoms with Gasteiger partial charge in [0, 0.05) is 18.9 Å². The average molecular weight is 358 g/mol. The van der Waals surface area contributed by atoms with Gasteiger partial charge in [0.15, 0.2) is 0 Å². The summed E-state index contributed by atoms with van der Waals surface area (Å²) in [6, 6.07) is 5.78. The van der Waals surface area contributed by atoms with Crippen molar-refractivity contribution >= 4 is 29.1 Å². The van der Waals surface area contributed by atoms with Crippen molar-refractivity contribution in [2.75, 3.05) is 5.32 Å². The minimum atomic E-state index is -4.59. The third kappa shape index (κ3) is 4.69. The van der Waals surface area contributed by atoms with Crippen LogP contribution in [0.2, 0.25) is 5.02 Å². The summed E-state index contributed by atoms with van der Waals surface area (Å²) in [5.74, 6) is -2.13. The van der Waals surface area contributed by atoms with Crippen LogP contribution in [0.1, 0.15) is 11.1 Å². The fourth-order valence-electron chi connectivity index (χ4n) is 1.74. The zero-order valence-electron chi connectivity index (χ0n) is 12.0. The van der Waals surface area contributed by atoms with Gasteiger partial charge < -0.3 is 10.6 Å². The lowest BCUT2D eigenvalue weighted by Gasteiger charge is -2.11. The zero-order chi connectivity index (χ0) is 17.7. The third-order valence-electron chi connectivity index (χ3n) is 2.92. The zero-order valence-corrected chi connectivity index (χ0v) is 12.8. The molecule has 0 spiro atoms. The number of aromatic nitrogens is 1. The maximum atomic E-state index is 12.7. The molecule has 2 amide bonds. The van der Waals surface area contributed by atoms with E-state index in [1.54, 1.807) is 18.3 Å². The lowest BCUT2D eigenvalue weighted by atomic mass is 10.2. The van der Waals surface area contributed by atoms with Crippen molar-refractivity contribution in [3.05, 3.63) is 58.9 Å². The Hall–Kier alpha value is -2.61. The minimum absolute atomic E-state index is 0.0520. The molecule has 0 atom stereocenters. The molecule has 0 aliphatic rings. The largest absolute Gasteiger partial charge is 0.416 e. The van der Waals surface area contributed by atoms with E-state index in [9.17, 15) is 22.8 Å². The van der Waals surface area contributed by atoms with Gasteiger partial charge >= 0.3 is 18.0 Å². The molecule has 1 aromatic heterocycles. The highest BCUT2D eigenvalue weighted by Crippen LogP contribution is 2.33. The van der Waals surface area contributed by atoms with Crippen LogP contribution in [0.5, 0.6) is 0 Å². The molecule has 2 N–H and O–H groups in total. The van der Waals surface area contributed by atoms with Crippen LogP contribution in [0.25, 0.3) is 0 Å². The molecule has 24 heavy (non-hydrogen) atoms. The Morgan fingerprint density at radius 3 is 2.54 bits per heavy atom. The van der Waals surface area contributed by atoms with E-state index in [1.165, 1.54) is 6.20 Å². The summed E-state index contributed by atoms with van der Waals surface area (Å²) in [7, 11) is 0. The lowest BCUT2D eigenvalue weighted by molar-refractivity contribution is -0.137. The summed E-state index contributed by atoms with van der Waals surface area (Å²) in [6.45, 7) is 0.0520. The van der Waals surface area contributed by atoms with Gasteiger partial charge in [-0.1, -0.05) is 17.7 Å². The molecule has 1 aromatic carbocycles. The number of hydrogen-bond acceptors (Lipinski definition) is 3. The van der Waals surface area contributed by atoms with Crippen LogP contribution in [-0.2, 0) is 22.3 Å². The molecule has 0 saturated heterocycles. The van der Waals surface area contributed by atoms with Crippen molar-refractivity contribution in [2.24, 2.45) is 0 Å². The van der Waals surface area contributed by atoms with Crippen molar-refractivity contribution in [3.8, 4) is 0 Å². The Balaban J connectivity index is 2.02. The van der Waals surface area contributed by atoms with Crippen molar-refractivity contribution < 1.29 is 22.8 Å². The van der Waals surface area contributed by atoms with Crippen molar-refractivity contribution in [1.29, 1.82) is 0 Å². The molecule has 0 fully saturated rings. The van der Waals surface area contributed by atoms with Gasteiger partial charge in [-0.05, 0) is 29.8 Å². The molecule has 5 nitrogen and oxygen atoms in total. The number of alkyl halides is 3. The van der Waals surface area contributed by atoms with Crippen molar-refractivity contribution in [1.82, 2.24) is 10.3 Å². The fraction of sp³-hybridized carbons (Fsp3) is 0.133. The summed E-state index contributed by atoms with van der Waals surface area (Å²) in [4.78, 5) is 27.3. The number of carbonyl (C=O) groups excluding carboxylic acids is 2. The molecular weight excluding hydrogens is 347 g/mol. The van der Waals surface area contributed by atoms with E-state index < -0.39 is 23.6 Å². The SMILES string of the molecule is O=C(NCc1cccnc1)C(=O)Nc1cc(C(F)(F)F)ccc1Cl. The smallest absolute Gasteiger partial charge is 0.344 e. The van der Waals surface area contributed by atoms with Gasteiger partial charge in [-0.15, -0.1) is 0 Å². The third-order valence-corrected chi connectivity index (χ3v) is 3.25. The number of nitrogens with one attached hydrogen (secondary N) is 2. The Kier molecular flexibility index (Phi) is 5.40. The molecule has 0 saturated carbocycles. The van der Waals surface area contributed by atoms with Crippen molar-refractivity contribution in [2.45, 2.75) is 12.7 Å². The van der Waals surface area contributed by atoms with Crippen LogP contribution in [-0.4, -0.2) is 16.8 Å². The van der Waals surface area contributed by atoms with Gasteiger partial charge in [0.25, 0.3) is 0 Å². The fourth-order valence-corrected chi connectivity index (χ4v) is 1.91. The Morgan fingerprint density at radius 1 is 1.17 bits per heavy atom. The molecule has 0 unspecified atom stereocenters. The Labute approximate surface area is 139 Å². The van der Waals surface area contributed by atoms with Gasteiger partial charge in [0.2, 0.25) is 0 Å². The number of halogens is 4. The topological polar surface area (TPSA) is 71.1 Å². The molecule has 0 aliphatic heterocycles. The Bertz CT molecular complexity index is 751. The lowest BCUT2D eigenvalue weighted by Crippen LogP contribution is -2.35. The molecular formula is C15H11ClF3N3O2. The van der Waals surface area contributed by atoms with E-state index in [2.05, 4.69) is 15.6 Å². The van der Waals surface area contributed by atoms with Crippen molar-refractivity contribution in [3.63, 3.8) is 0 Å². The second kappa shape index (κ2) is 7.31. The normalized spacial score (nSPS) is 11.0. The maximum Gasteiger partial charge on any atom is 0.416 e. The predicted octanol–water partition coefficient (Wildman–Crippen LogP) is 3.01. The van der Waals surface area contributed by atoms with Gasteiger partial charge in [0.1, 0.15) is 0 Å². The number of benzene rings is 1. The first-order valence-corrected chi connectivity index (χ1v) is 7.00. The molecule has 0 bridgehead atoms. The first kappa shape index (κ1) is 17.7. The van der Waals surface area contributed by atoms with Crippen LogP contribution in [0, 0.1) is 0 Å². The molecule has 2 rings (SSSR count). The Morgan fingerprint density at radius 2 is 1.92 bits per heavy atom. The second-order valence-corrected chi connectivity index (χ2v) is 5.10. The number of pyridine rings is 1. The number of amides is 2. The monoisotopic (exact) mass is 357 g/mol. The summed E-state index contributed by atoms with van der Waals surface area (Å²) in [5.41, 5.74) is -0.623.